The third-order valence-corrected chi connectivity index (χ3v) is 5.96. The molecule has 0 N–H and O–H groups in total. The molecule has 2 heterocycles. The van der Waals surface area contributed by atoms with E-state index < -0.39 is 0 Å². The van der Waals surface area contributed by atoms with Crippen molar-refractivity contribution < 1.29 is 9.47 Å². The molecule has 0 bridgehead atoms. The molecule has 2 fully saturated rings. The van der Waals surface area contributed by atoms with Gasteiger partial charge in [-0.15, -0.1) is 0 Å². The van der Waals surface area contributed by atoms with Crippen LogP contribution in [0.1, 0.15) is 54.4 Å². The van der Waals surface area contributed by atoms with Crippen LogP contribution >= 0.6 is 0 Å². The van der Waals surface area contributed by atoms with Gasteiger partial charge in [-0.05, 0) is 27.7 Å². The molecule has 2 saturated heterocycles. The fourth-order valence-corrected chi connectivity index (χ4v) is 3.99. The van der Waals surface area contributed by atoms with Crippen LogP contribution in [0.15, 0.2) is 0 Å². The van der Waals surface area contributed by atoms with Crippen LogP contribution < -0.4 is 0 Å². The van der Waals surface area contributed by atoms with E-state index in [9.17, 15) is 0 Å². The molecular formula is C24H32N2O2. The maximum Gasteiger partial charge on any atom is 0.117 e. The monoisotopic (exact) mass is 380 g/mol. The standard InChI is InChI=1S/C24H32N2O2/c1-9-27-21-15-23(5,6)25(17-19(21)3)13-11-12-14-26-18-20(4)22(28-10-2)16-24(26,7)8/h1-2,19-22H,15-18H2,3-8H3. The van der Waals surface area contributed by atoms with Gasteiger partial charge in [-0.3, -0.25) is 0 Å². The normalized spacial score (nSPS) is 30.4. The molecule has 0 radical (unpaired) electrons. The number of likely N-dealkylation sites (tertiary alicyclic amines) is 2. The fraction of sp³-hybridized carbons (Fsp3) is 0.667. The quantitative estimate of drug-likeness (QED) is 0.688. The Labute approximate surface area is 171 Å². The van der Waals surface area contributed by atoms with E-state index in [2.05, 4.69) is 87.5 Å². The zero-order chi connectivity index (χ0) is 20.9. The van der Waals surface area contributed by atoms with Gasteiger partial charge in [0, 0.05) is 72.8 Å². The molecule has 4 atom stereocenters. The summed E-state index contributed by atoms with van der Waals surface area (Å²) in [6, 6.07) is 6.47. The summed E-state index contributed by atoms with van der Waals surface area (Å²) in [6.45, 7) is 14.6. The van der Waals surface area contributed by atoms with Crippen molar-refractivity contribution in [3.05, 3.63) is 0 Å². The number of piperidine rings is 2. The SMILES string of the molecule is C#COC1CC(C)(C)N(C#CC#CN2CC(C)C(OC#C)CC2(C)C)CC1C. The highest BCUT2D eigenvalue weighted by Gasteiger charge is 2.39. The van der Waals surface area contributed by atoms with Crippen LogP contribution in [0.5, 0.6) is 0 Å². The van der Waals surface area contributed by atoms with Gasteiger partial charge in [0.2, 0.25) is 0 Å². The fourth-order valence-electron chi connectivity index (χ4n) is 3.99. The van der Waals surface area contributed by atoms with Crippen LogP contribution in [0.4, 0.5) is 0 Å². The molecule has 2 aliphatic rings. The van der Waals surface area contributed by atoms with Crippen LogP contribution in [0.3, 0.4) is 0 Å². The summed E-state index contributed by atoms with van der Waals surface area (Å²) in [7, 11) is 0. The lowest BCUT2D eigenvalue weighted by Crippen LogP contribution is -2.53. The largest absolute Gasteiger partial charge is 0.443 e. The molecule has 0 amide bonds. The molecule has 0 aromatic carbocycles. The first kappa shape index (κ1) is 21.7. The molecule has 0 saturated carbocycles. The molecule has 4 unspecified atom stereocenters. The Morgan fingerprint density at radius 2 is 1.11 bits per heavy atom. The Morgan fingerprint density at radius 3 is 1.43 bits per heavy atom. The minimum Gasteiger partial charge on any atom is -0.443 e. The third kappa shape index (κ3) is 5.03. The summed E-state index contributed by atoms with van der Waals surface area (Å²) in [5.41, 5.74) is -0.219. The Bertz CT molecular complexity index is 697. The zero-order valence-electron chi connectivity index (χ0n) is 18.0. The van der Waals surface area contributed by atoms with Crippen molar-refractivity contribution in [1.29, 1.82) is 0 Å². The molecule has 0 aromatic heterocycles. The number of hydrogen-bond donors (Lipinski definition) is 0. The summed E-state index contributed by atoms with van der Waals surface area (Å²) in [5, 5.41) is 0. The van der Waals surface area contributed by atoms with E-state index >= 15 is 0 Å². The van der Waals surface area contributed by atoms with E-state index in [1.165, 1.54) is 0 Å². The minimum absolute atomic E-state index is 0.0675. The highest BCUT2D eigenvalue weighted by molar-refractivity contribution is 5.27. The van der Waals surface area contributed by atoms with Crippen LogP contribution in [0.2, 0.25) is 0 Å². The summed E-state index contributed by atoms with van der Waals surface area (Å²) in [6.07, 6.45) is 17.1. The Morgan fingerprint density at radius 1 is 0.750 bits per heavy atom. The number of nitrogens with zero attached hydrogens (tertiary/aromatic N) is 2. The van der Waals surface area contributed by atoms with Crippen molar-refractivity contribution in [1.82, 2.24) is 9.80 Å². The summed E-state index contributed by atoms with van der Waals surface area (Å²) in [5.74, 6) is 6.73. The van der Waals surface area contributed by atoms with E-state index in [4.69, 9.17) is 22.3 Å². The number of hydrogen-bond acceptors (Lipinski definition) is 4. The Kier molecular flexibility index (Phi) is 6.70. The van der Waals surface area contributed by atoms with E-state index in [-0.39, 0.29) is 23.3 Å². The average Bonchev–Trinajstić information content (AvgIpc) is 2.59. The van der Waals surface area contributed by atoms with Gasteiger partial charge in [0.1, 0.15) is 24.4 Å². The molecule has 4 nitrogen and oxygen atoms in total. The maximum absolute atomic E-state index is 5.44. The molecule has 2 aliphatic heterocycles. The molecule has 2 rings (SSSR count). The second kappa shape index (κ2) is 8.63. The lowest BCUT2D eigenvalue weighted by atomic mass is 9.83. The van der Waals surface area contributed by atoms with Crippen LogP contribution in [0, 0.1) is 60.8 Å². The summed E-state index contributed by atoms with van der Waals surface area (Å²) in [4.78, 5) is 4.31. The lowest BCUT2D eigenvalue weighted by Gasteiger charge is -2.45. The van der Waals surface area contributed by atoms with Gasteiger partial charge < -0.3 is 19.3 Å². The highest BCUT2D eigenvalue weighted by atomic mass is 16.5. The predicted octanol–water partition coefficient (Wildman–Crippen LogP) is 3.10. The minimum atomic E-state index is -0.110. The average molecular weight is 381 g/mol. The smallest absolute Gasteiger partial charge is 0.117 e. The van der Waals surface area contributed by atoms with Crippen molar-refractivity contribution in [2.45, 2.75) is 77.7 Å². The van der Waals surface area contributed by atoms with Gasteiger partial charge >= 0.3 is 0 Å². The van der Waals surface area contributed by atoms with Gasteiger partial charge in [-0.25, -0.2) is 0 Å². The van der Waals surface area contributed by atoms with Gasteiger partial charge in [-0.2, -0.15) is 0 Å². The van der Waals surface area contributed by atoms with Gasteiger partial charge in [-0.1, -0.05) is 26.7 Å². The van der Waals surface area contributed by atoms with Crippen molar-refractivity contribution in [3.8, 4) is 49.0 Å². The summed E-state index contributed by atoms with van der Waals surface area (Å²) < 4.78 is 10.9. The van der Waals surface area contributed by atoms with Crippen LogP contribution in [-0.2, 0) is 9.47 Å². The van der Waals surface area contributed by atoms with Gasteiger partial charge in [0.05, 0.1) is 0 Å². The molecule has 28 heavy (non-hydrogen) atoms. The van der Waals surface area contributed by atoms with Crippen molar-refractivity contribution in [2.75, 3.05) is 13.1 Å². The first-order valence-corrected chi connectivity index (χ1v) is 9.90. The molecular weight excluding hydrogens is 348 g/mol. The first-order chi connectivity index (χ1) is 13.1. The number of rotatable bonds is 2. The van der Waals surface area contributed by atoms with E-state index in [0.717, 1.165) is 25.9 Å². The second-order valence-corrected chi connectivity index (χ2v) is 9.23. The van der Waals surface area contributed by atoms with Gasteiger partial charge in [0.15, 0.2) is 0 Å². The number of ether oxygens (including phenoxy) is 2. The van der Waals surface area contributed by atoms with Crippen molar-refractivity contribution in [3.63, 3.8) is 0 Å². The van der Waals surface area contributed by atoms with Crippen molar-refractivity contribution >= 4 is 0 Å². The molecule has 4 heteroatoms. The topological polar surface area (TPSA) is 24.9 Å². The Hall–Kier alpha value is -2.56. The lowest BCUT2D eigenvalue weighted by molar-refractivity contribution is -0.00905. The van der Waals surface area contributed by atoms with Crippen LogP contribution in [0.25, 0.3) is 0 Å². The zero-order valence-corrected chi connectivity index (χ0v) is 18.0. The second-order valence-electron chi connectivity index (χ2n) is 9.23. The van der Waals surface area contributed by atoms with E-state index in [1.807, 2.05) is 0 Å². The number of terminal acetylenes is 2. The Balaban J connectivity index is 2.06. The van der Waals surface area contributed by atoms with Crippen LogP contribution in [-0.4, -0.2) is 46.2 Å². The maximum atomic E-state index is 5.44. The molecule has 0 aromatic rings. The first-order valence-electron chi connectivity index (χ1n) is 9.90. The molecule has 150 valence electrons. The third-order valence-electron chi connectivity index (χ3n) is 5.96. The molecule has 0 aliphatic carbocycles. The van der Waals surface area contributed by atoms with E-state index in [0.29, 0.717) is 11.8 Å². The molecule has 0 spiro atoms. The van der Waals surface area contributed by atoms with E-state index in [1.54, 1.807) is 0 Å². The highest BCUT2D eigenvalue weighted by Crippen LogP contribution is 2.32. The van der Waals surface area contributed by atoms with Crippen molar-refractivity contribution in [2.24, 2.45) is 11.8 Å². The predicted molar refractivity (Wildman–Crippen MR) is 112 cm³/mol. The summed E-state index contributed by atoms with van der Waals surface area (Å²) >= 11 is 0. The van der Waals surface area contributed by atoms with Gasteiger partial charge in [0.25, 0.3) is 0 Å².